The summed E-state index contributed by atoms with van der Waals surface area (Å²) in [7, 11) is 0. The Morgan fingerprint density at radius 1 is 0.241 bits per heavy atom. The first kappa shape index (κ1) is 60.2. The minimum Gasteiger partial charge on any atom is -0.311 e. The second-order valence-electron chi connectivity index (χ2n) is 34.8. The highest BCUT2D eigenvalue weighted by Crippen LogP contribution is 2.54. The van der Waals surface area contributed by atoms with Gasteiger partial charge in [0.1, 0.15) is 0 Å². The Morgan fingerprint density at radius 2 is 0.589 bits per heavy atom. The van der Waals surface area contributed by atoms with Gasteiger partial charge in [-0.05, 0) is 214 Å². The van der Waals surface area contributed by atoms with Gasteiger partial charge < -0.3 is 23.5 Å². The van der Waals surface area contributed by atoms with Crippen molar-refractivity contribution >= 4 is 123 Å². The smallest absolute Gasteiger partial charge is 0.252 e. The lowest BCUT2D eigenvalue weighted by Crippen LogP contribution is -2.61. The molecule has 0 saturated carbocycles. The number of anilines is 6. The predicted molar refractivity (Wildman–Crippen MR) is 480 cm³/mol. The number of para-hydroxylation sites is 4. The van der Waals surface area contributed by atoms with Crippen LogP contribution in [0, 0.1) is 0 Å². The van der Waals surface area contributed by atoms with Crippen LogP contribution in [-0.4, -0.2) is 20.4 Å². The lowest BCUT2D eigenvalue weighted by Gasteiger charge is -2.45. The van der Waals surface area contributed by atoms with Gasteiger partial charge in [-0.1, -0.05) is 301 Å². The number of rotatable bonds is 9. The van der Waals surface area contributed by atoms with Crippen LogP contribution in [0.3, 0.4) is 0 Å². The molecule has 0 atom stereocenters. The van der Waals surface area contributed by atoms with Gasteiger partial charge in [0.05, 0.1) is 61.1 Å². The average molecular weight is 1450 g/mol. The van der Waals surface area contributed by atoms with Gasteiger partial charge in [0.15, 0.2) is 0 Å². The molecule has 542 valence electrons. The number of nitrogens with zero attached hydrogens (tertiary/aromatic N) is 5. The first-order valence-corrected chi connectivity index (χ1v) is 39.2. The predicted octanol–water partition coefficient (Wildman–Crippen LogP) is 26.9. The fourth-order valence-corrected chi connectivity index (χ4v) is 17.8. The van der Waals surface area contributed by atoms with Crippen molar-refractivity contribution in [2.75, 3.05) is 9.80 Å². The van der Waals surface area contributed by atoms with E-state index in [1.165, 1.54) is 22.3 Å². The molecule has 3 aromatic heterocycles. The SMILES string of the molecule is [2H]c1c([2H])c([2H])c2c(c1[2H])c1c([2H])c([2H])c([2H])c([2H])c1n2-c1cc2c3c(c1)N(c1cccc4c1c1cc(-c5ccccc5)ccc1n4-c1ccccc1)c1cc(-c4cc(C(C)(C)C)cc(C(C)(C)C)c4)ccc1B3c1ccc(-c3cc(C(C)(C)C)cc(C(C)(C)C)c3)cc1N2c1cccc2c1c1cc(-c3ccccc3)ccc1n2-c1ccccc1. The standard InChI is InChI=1S/C106H90BN5/c1-103(2,3)75-55-73(56-76(63-75)104(4,5)6)71-47-51-86-96(61-71)111(94-45-29-43-92-100(94)84-59-69(67-31-17-13-18-32-67)49-53-90(84)108(92)79-35-21-15-22-36-79)98-65-81(110-88-41-27-25-39-82(88)83-40-26-28-42-89(83)110)66-99-102(98)107(86)87-52-48-72(74-57-77(105(7,8)9)64-78(58-74)106(10,11)12)62-97(87)112(99)95-46-30-44-93-101(95)85-60-70(68-33-19-14-20-34-68)50-54-91(85)109(93)80-37-23-16-24-38-80/h13-66H,1-12H3/i25D,26D,27D,28D,39D,40D,41D,42D. The van der Waals surface area contributed by atoms with Crippen molar-refractivity contribution in [3.63, 3.8) is 0 Å². The first-order chi connectivity index (χ1) is 57.4. The molecule has 5 nitrogen and oxygen atoms in total. The van der Waals surface area contributed by atoms with Crippen molar-refractivity contribution < 1.29 is 11.0 Å². The summed E-state index contributed by atoms with van der Waals surface area (Å²) in [5.74, 6) is 0. The molecule has 0 fully saturated rings. The summed E-state index contributed by atoms with van der Waals surface area (Å²) >= 11 is 0. The van der Waals surface area contributed by atoms with Crippen LogP contribution in [0.5, 0.6) is 0 Å². The van der Waals surface area contributed by atoms with E-state index in [0.29, 0.717) is 5.69 Å². The molecule has 0 unspecified atom stereocenters. The van der Waals surface area contributed by atoms with E-state index in [9.17, 15) is 11.0 Å². The van der Waals surface area contributed by atoms with E-state index in [4.69, 9.17) is 0 Å². The Labute approximate surface area is 669 Å². The maximum absolute atomic E-state index is 10.3. The van der Waals surface area contributed by atoms with Gasteiger partial charge in [-0.3, -0.25) is 0 Å². The zero-order chi connectivity index (χ0) is 83.4. The maximum atomic E-state index is 10.3. The van der Waals surface area contributed by atoms with Crippen molar-refractivity contribution in [2.45, 2.75) is 105 Å². The second kappa shape index (κ2) is 25.5. The number of benzene rings is 15. The molecule has 0 amide bonds. The molecule has 0 radical (unpaired) electrons. The number of aromatic nitrogens is 3. The van der Waals surface area contributed by atoms with Crippen LogP contribution in [0.15, 0.2) is 327 Å². The third-order valence-corrected chi connectivity index (χ3v) is 23.6. The van der Waals surface area contributed by atoms with Gasteiger partial charge >= 0.3 is 0 Å². The fourth-order valence-electron chi connectivity index (χ4n) is 17.8. The van der Waals surface area contributed by atoms with E-state index >= 15 is 0 Å². The molecule has 15 aromatic carbocycles. The van der Waals surface area contributed by atoms with E-state index in [-0.39, 0.29) is 55.6 Å². The van der Waals surface area contributed by atoms with E-state index in [2.05, 4.69) is 381 Å². The third kappa shape index (κ3) is 11.1. The van der Waals surface area contributed by atoms with Gasteiger partial charge in [-0.25, -0.2) is 0 Å². The molecule has 0 N–H and O–H groups in total. The van der Waals surface area contributed by atoms with Crippen molar-refractivity contribution in [3.8, 4) is 61.6 Å². The number of fused-ring (bicyclic) bond motifs is 13. The first-order valence-electron chi connectivity index (χ1n) is 43.2. The second-order valence-corrected chi connectivity index (χ2v) is 34.8. The fraction of sp³-hybridized carbons (Fsp3) is 0.151. The van der Waals surface area contributed by atoms with E-state index in [1.54, 1.807) is 4.57 Å². The number of hydrogen-bond donors (Lipinski definition) is 0. The van der Waals surface area contributed by atoms with Crippen molar-refractivity contribution in [3.05, 3.63) is 350 Å². The molecule has 5 heterocycles. The van der Waals surface area contributed by atoms with Crippen molar-refractivity contribution in [2.24, 2.45) is 0 Å². The van der Waals surface area contributed by atoms with Crippen LogP contribution in [0.25, 0.3) is 127 Å². The van der Waals surface area contributed by atoms with Crippen LogP contribution in [0.2, 0.25) is 0 Å². The molecule has 0 spiro atoms. The van der Waals surface area contributed by atoms with Crippen LogP contribution in [0.1, 0.15) is 116 Å². The summed E-state index contributed by atoms with van der Waals surface area (Å²) < 4.78 is 84.9. The van der Waals surface area contributed by atoms with Gasteiger partial charge in [0.2, 0.25) is 0 Å². The quantitative estimate of drug-likeness (QED) is 0.134. The van der Waals surface area contributed by atoms with Crippen LogP contribution in [0.4, 0.5) is 34.1 Å². The Kier molecular flexibility index (Phi) is 13.7. The van der Waals surface area contributed by atoms with Gasteiger partial charge in [-0.2, -0.15) is 0 Å². The molecule has 6 heteroatoms. The minimum atomic E-state index is -0.515. The molecule has 0 aliphatic carbocycles. The zero-order valence-corrected chi connectivity index (χ0v) is 65.4. The largest absolute Gasteiger partial charge is 0.311 e. The zero-order valence-electron chi connectivity index (χ0n) is 73.4. The topological polar surface area (TPSA) is 21.3 Å². The molecular weight excluding hydrogens is 1350 g/mol. The maximum Gasteiger partial charge on any atom is 0.252 e. The van der Waals surface area contributed by atoms with E-state index < -0.39 is 43.0 Å². The molecule has 2 aliphatic rings. The average Bonchev–Trinajstić information content (AvgIpc) is 1.25. The molecule has 20 rings (SSSR count). The van der Waals surface area contributed by atoms with Gasteiger partial charge in [0.25, 0.3) is 6.71 Å². The summed E-state index contributed by atoms with van der Waals surface area (Å²) in [4.78, 5) is 4.91. The van der Waals surface area contributed by atoms with Gasteiger partial charge in [0, 0.05) is 66.4 Å². The lowest BCUT2D eigenvalue weighted by molar-refractivity contribution is 0.568. The van der Waals surface area contributed by atoms with Crippen LogP contribution in [-0.2, 0) is 21.7 Å². The Morgan fingerprint density at radius 3 is 0.973 bits per heavy atom. The normalized spacial score (nSPS) is 14.1. The Balaban J connectivity index is 1.01. The molecule has 18 aromatic rings. The summed E-state index contributed by atoms with van der Waals surface area (Å²) in [6, 6.07) is 98.2. The molecule has 112 heavy (non-hydrogen) atoms. The number of hydrogen-bond acceptors (Lipinski definition) is 2. The van der Waals surface area contributed by atoms with Crippen LogP contribution >= 0.6 is 0 Å². The van der Waals surface area contributed by atoms with E-state index in [1.807, 2.05) is 0 Å². The third-order valence-electron chi connectivity index (χ3n) is 23.6. The van der Waals surface area contributed by atoms with Gasteiger partial charge in [-0.15, -0.1) is 0 Å². The molecular formula is C106H90BN5. The summed E-state index contributed by atoms with van der Waals surface area (Å²) in [5, 5.41) is 3.96. The lowest BCUT2D eigenvalue weighted by atomic mass is 9.33. The molecule has 0 saturated heterocycles. The van der Waals surface area contributed by atoms with E-state index in [0.717, 1.165) is 150 Å². The highest BCUT2D eigenvalue weighted by molar-refractivity contribution is 7.00. The highest BCUT2D eigenvalue weighted by atomic mass is 15.2. The van der Waals surface area contributed by atoms with Crippen molar-refractivity contribution in [1.29, 1.82) is 0 Å². The summed E-state index contributed by atoms with van der Waals surface area (Å²) in [6.45, 7) is 26.9. The molecule has 0 bridgehead atoms. The highest BCUT2D eigenvalue weighted by Gasteiger charge is 2.46. The van der Waals surface area contributed by atoms with Crippen molar-refractivity contribution in [1.82, 2.24) is 13.7 Å². The Hall–Kier alpha value is -12.6. The minimum absolute atomic E-state index is 0.00873. The summed E-state index contributed by atoms with van der Waals surface area (Å²) in [5.41, 5.74) is 26.8. The molecule has 2 aliphatic heterocycles. The van der Waals surface area contributed by atoms with Crippen LogP contribution < -0.4 is 26.2 Å². The monoisotopic (exact) mass is 1450 g/mol. The Bertz CT molecular complexity index is 6870. The summed E-state index contributed by atoms with van der Waals surface area (Å²) in [6.07, 6.45) is 0.